The monoisotopic (exact) mass is 431 g/mol. The van der Waals surface area contributed by atoms with E-state index in [2.05, 4.69) is 6.07 Å². The Labute approximate surface area is 187 Å². The standard InChI is InChI=1S/C25H25N3O2S/c1-18-10-12-19(13-11-18)16-22-24(30)28(20-8-4-2-5-9-20)25(31-22)21(17-26)23(29)27-14-6-3-7-15-27/h2,4-5,8-13,22H,3,6-7,14-16H2,1H3/b25-21+. The second-order valence-corrected chi connectivity index (χ2v) is 9.14. The number of likely N-dealkylation sites (tertiary alicyclic amines) is 1. The number of rotatable bonds is 4. The number of amides is 2. The van der Waals surface area contributed by atoms with Gasteiger partial charge in [-0.2, -0.15) is 5.26 Å². The van der Waals surface area contributed by atoms with Gasteiger partial charge in [-0.15, -0.1) is 0 Å². The molecule has 1 atom stereocenters. The van der Waals surface area contributed by atoms with Crippen LogP contribution in [0.3, 0.4) is 0 Å². The van der Waals surface area contributed by atoms with E-state index in [0.29, 0.717) is 30.2 Å². The molecule has 2 saturated heterocycles. The maximum atomic E-state index is 13.4. The van der Waals surface area contributed by atoms with Gasteiger partial charge >= 0.3 is 0 Å². The van der Waals surface area contributed by atoms with Gasteiger partial charge in [0.25, 0.3) is 5.91 Å². The molecule has 0 spiro atoms. The molecule has 2 amide bonds. The molecule has 158 valence electrons. The minimum atomic E-state index is -0.379. The van der Waals surface area contributed by atoms with Crippen LogP contribution in [0.5, 0.6) is 0 Å². The summed E-state index contributed by atoms with van der Waals surface area (Å²) >= 11 is 1.33. The van der Waals surface area contributed by atoms with Crippen LogP contribution in [0.4, 0.5) is 5.69 Å². The first kappa shape index (κ1) is 21.2. The van der Waals surface area contributed by atoms with E-state index in [9.17, 15) is 14.9 Å². The molecule has 4 rings (SSSR count). The molecule has 31 heavy (non-hydrogen) atoms. The van der Waals surface area contributed by atoms with E-state index in [0.717, 1.165) is 24.8 Å². The van der Waals surface area contributed by atoms with Crippen molar-refractivity contribution < 1.29 is 9.59 Å². The van der Waals surface area contributed by atoms with Gasteiger partial charge < -0.3 is 4.90 Å². The first-order valence-corrected chi connectivity index (χ1v) is 11.5. The summed E-state index contributed by atoms with van der Waals surface area (Å²) in [6.45, 7) is 3.35. The van der Waals surface area contributed by atoms with Crippen molar-refractivity contribution in [2.45, 2.75) is 37.9 Å². The van der Waals surface area contributed by atoms with Crippen LogP contribution in [-0.2, 0) is 16.0 Å². The van der Waals surface area contributed by atoms with Crippen LogP contribution in [0.1, 0.15) is 30.4 Å². The molecule has 2 aromatic carbocycles. The van der Waals surface area contributed by atoms with Crippen molar-refractivity contribution in [3.8, 4) is 6.07 Å². The Bertz CT molecular complexity index is 1030. The normalized spacial score (nSPS) is 20.5. The number of para-hydroxylation sites is 1. The lowest BCUT2D eigenvalue weighted by atomic mass is 10.1. The number of hydrogen-bond acceptors (Lipinski definition) is 4. The quantitative estimate of drug-likeness (QED) is 0.531. The predicted octanol–water partition coefficient (Wildman–Crippen LogP) is 4.43. The maximum absolute atomic E-state index is 13.4. The van der Waals surface area contributed by atoms with Gasteiger partial charge in [0, 0.05) is 18.8 Å². The summed E-state index contributed by atoms with van der Waals surface area (Å²) in [6, 6.07) is 19.5. The third-order valence-electron chi connectivity index (χ3n) is 5.69. The molecule has 0 aromatic heterocycles. The first-order chi connectivity index (χ1) is 15.1. The number of nitrogens with zero attached hydrogens (tertiary/aromatic N) is 3. The summed E-state index contributed by atoms with van der Waals surface area (Å²) in [5.74, 6) is -0.361. The van der Waals surface area contributed by atoms with Crippen LogP contribution in [0.25, 0.3) is 0 Å². The van der Waals surface area contributed by atoms with Crippen LogP contribution in [-0.4, -0.2) is 35.1 Å². The number of aryl methyl sites for hydroxylation is 1. The topological polar surface area (TPSA) is 64.4 Å². The fourth-order valence-electron chi connectivity index (χ4n) is 3.98. The molecule has 0 aliphatic carbocycles. The number of carbonyl (C=O) groups excluding carboxylic acids is 2. The number of thioether (sulfide) groups is 1. The van der Waals surface area contributed by atoms with E-state index >= 15 is 0 Å². The van der Waals surface area contributed by atoms with E-state index in [1.165, 1.54) is 17.3 Å². The van der Waals surface area contributed by atoms with Crippen LogP contribution in [0.2, 0.25) is 0 Å². The third kappa shape index (κ3) is 4.52. The first-order valence-electron chi connectivity index (χ1n) is 10.6. The van der Waals surface area contributed by atoms with Gasteiger partial charge in [0.1, 0.15) is 16.7 Å². The average molecular weight is 432 g/mol. The van der Waals surface area contributed by atoms with Crippen LogP contribution in [0, 0.1) is 18.3 Å². The van der Waals surface area contributed by atoms with Gasteiger partial charge in [0.15, 0.2) is 0 Å². The smallest absolute Gasteiger partial charge is 0.267 e. The molecule has 0 radical (unpaired) electrons. The van der Waals surface area contributed by atoms with Crippen LogP contribution in [0.15, 0.2) is 65.2 Å². The van der Waals surface area contributed by atoms with Crippen molar-refractivity contribution in [3.05, 3.63) is 76.3 Å². The molecule has 2 aliphatic heterocycles. The van der Waals surface area contributed by atoms with Gasteiger partial charge in [-0.1, -0.05) is 59.8 Å². The molecular formula is C25H25N3O2S. The van der Waals surface area contributed by atoms with E-state index in [1.807, 2.05) is 61.5 Å². The minimum Gasteiger partial charge on any atom is -0.338 e. The van der Waals surface area contributed by atoms with Crippen LogP contribution < -0.4 is 4.90 Å². The van der Waals surface area contributed by atoms with Crippen molar-refractivity contribution >= 4 is 29.3 Å². The molecule has 2 aliphatic rings. The molecule has 2 aromatic rings. The highest BCUT2D eigenvalue weighted by Gasteiger charge is 2.41. The molecule has 2 fully saturated rings. The Morgan fingerprint density at radius 1 is 1.06 bits per heavy atom. The Hall–Kier alpha value is -3.04. The Morgan fingerprint density at radius 3 is 2.39 bits per heavy atom. The van der Waals surface area contributed by atoms with Gasteiger partial charge in [-0.05, 0) is 50.3 Å². The summed E-state index contributed by atoms with van der Waals surface area (Å²) < 4.78 is 0. The van der Waals surface area contributed by atoms with Crippen molar-refractivity contribution in [1.82, 2.24) is 4.90 Å². The van der Waals surface area contributed by atoms with E-state index in [1.54, 1.807) is 9.80 Å². The zero-order valence-corrected chi connectivity index (χ0v) is 18.4. The Morgan fingerprint density at radius 2 is 1.74 bits per heavy atom. The molecule has 6 heteroatoms. The maximum Gasteiger partial charge on any atom is 0.267 e. The summed E-state index contributed by atoms with van der Waals surface area (Å²) in [6.07, 6.45) is 3.55. The summed E-state index contributed by atoms with van der Waals surface area (Å²) in [4.78, 5) is 29.9. The van der Waals surface area contributed by atoms with E-state index in [4.69, 9.17) is 0 Å². The van der Waals surface area contributed by atoms with Gasteiger partial charge in [0.05, 0.1) is 5.25 Å². The van der Waals surface area contributed by atoms with Gasteiger partial charge in [0.2, 0.25) is 5.91 Å². The minimum absolute atomic E-state index is 0.0653. The average Bonchev–Trinajstić information content (AvgIpc) is 3.12. The van der Waals surface area contributed by atoms with Gasteiger partial charge in [-0.3, -0.25) is 14.5 Å². The zero-order chi connectivity index (χ0) is 21.8. The van der Waals surface area contributed by atoms with Crippen LogP contribution >= 0.6 is 11.8 Å². The molecule has 5 nitrogen and oxygen atoms in total. The number of hydrogen-bond donors (Lipinski definition) is 0. The SMILES string of the molecule is Cc1ccc(CC2S/C(=C(\C#N)C(=O)N3CCCCC3)N(c3ccccc3)C2=O)cc1. The lowest BCUT2D eigenvalue weighted by Crippen LogP contribution is -2.37. The van der Waals surface area contributed by atoms with Crippen molar-refractivity contribution in [1.29, 1.82) is 5.26 Å². The Kier molecular flexibility index (Phi) is 6.43. The molecule has 1 unspecified atom stereocenters. The predicted molar refractivity (Wildman–Crippen MR) is 123 cm³/mol. The second kappa shape index (κ2) is 9.40. The van der Waals surface area contributed by atoms with E-state index < -0.39 is 0 Å². The molecule has 0 saturated carbocycles. The highest BCUT2D eigenvalue weighted by molar-refractivity contribution is 8.05. The summed E-state index contributed by atoms with van der Waals surface area (Å²) in [5.41, 5.74) is 2.97. The molecule has 2 heterocycles. The molecule has 0 N–H and O–H groups in total. The fraction of sp³-hybridized carbons (Fsp3) is 0.320. The summed E-state index contributed by atoms with van der Waals surface area (Å²) in [5, 5.41) is 10.0. The van der Waals surface area contributed by atoms with Crippen molar-refractivity contribution in [2.24, 2.45) is 0 Å². The number of piperidine rings is 1. The fourth-order valence-corrected chi connectivity index (χ4v) is 5.29. The third-order valence-corrected chi connectivity index (χ3v) is 6.95. The lowest BCUT2D eigenvalue weighted by molar-refractivity contribution is -0.127. The molecular weight excluding hydrogens is 406 g/mol. The number of benzene rings is 2. The van der Waals surface area contributed by atoms with Gasteiger partial charge in [-0.25, -0.2) is 0 Å². The highest BCUT2D eigenvalue weighted by atomic mass is 32.2. The lowest BCUT2D eigenvalue weighted by Gasteiger charge is -2.27. The van der Waals surface area contributed by atoms with E-state index in [-0.39, 0.29) is 22.6 Å². The number of carbonyl (C=O) groups is 2. The zero-order valence-electron chi connectivity index (χ0n) is 17.6. The second-order valence-electron chi connectivity index (χ2n) is 7.95. The largest absolute Gasteiger partial charge is 0.338 e. The number of nitriles is 1. The van der Waals surface area contributed by atoms with Crippen molar-refractivity contribution in [2.75, 3.05) is 18.0 Å². The Balaban J connectivity index is 1.71. The van der Waals surface area contributed by atoms with Crippen molar-refractivity contribution in [3.63, 3.8) is 0 Å². The summed E-state index contributed by atoms with van der Waals surface area (Å²) in [7, 11) is 0. The number of anilines is 1. The highest BCUT2D eigenvalue weighted by Crippen LogP contribution is 2.42. The molecule has 0 bridgehead atoms.